The van der Waals surface area contributed by atoms with Gasteiger partial charge in [-0.1, -0.05) is 24.3 Å². The number of nitrogens with zero attached hydrogens (tertiary/aromatic N) is 4. The molecule has 5 rings (SSSR count). The van der Waals surface area contributed by atoms with Gasteiger partial charge in [0.25, 0.3) is 0 Å². The molecule has 0 N–H and O–H groups in total. The van der Waals surface area contributed by atoms with E-state index >= 15 is 0 Å². The first-order valence-electron chi connectivity index (χ1n) is 11.3. The van der Waals surface area contributed by atoms with Crippen LogP contribution in [0.5, 0.6) is 5.75 Å². The number of piperazine rings is 1. The zero-order valence-corrected chi connectivity index (χ0v) is 18.4. The van der Waals surface area contributed by atoms with E-state index in [0.717, 1.165) is 60.9 Å². The van der Waals surface area contributed by atoms with Gasteiger partial charge in [0.15, 0.2) is 0 Å². The van der Waals surface area contributed by atoms with Crippen LogP contribution in [0.3, 0.4) is 0 Å². The van der Waals surface area contributed by atoms with Crippen LogP contribution >= 0.6 is 0 Å². The Kier molecular flexibility index (Phi) is 5.55. The lowest BCUT2D eigenvalue weighted by molar-refractivity contribution is -0.132. The minimum absolute atomic E-state index is 0.00667. The maximum absolute atomic E-state index is 13.4. The molecule has 1 saturated carbocycles. The normalized spacial score (nSPS) is 20.4. The number of benzene rings is 2. The number of hydrogen-bond donors (Lipinski definition) is 0. The van der Waals surface area contributed by atoms with E-state index in [1.54, 1.807) is 12.0 Å². The van der Waals surface area contributed by atoms with Crippen molar-refractivity contribution in [2.45, 2.75) is 19.3 Å². The van der Waals surface area contributed by atoms with Crippen molar-refractivity contribution < 1.29 is 14.3 Å². The molecule has 1 aliphatic carbocycles. The zero-order valence-electron chi connectivity index (χ0n) is 18.4. The van der Waals surface area contributed by atoms with Gasteiger partial charge in [0.2, 0.25) is 11.8 Å². The molecule has 0 bridgehead atoms. The van der Waals surface area contributed by atoms with Gasteiger partial charge in [0.1, 0.15) is 12.3 Å². The van der Waals surface area contributed by atoms with Crippen LogP contribution in [0.25, 0.3) is 0 Å². The highest BCUT2D eigenvalue weighted by Crippen LogP contribution is 2.38. The lowest BCUT2D eigenvalue weighted by Gasteiger charge is -2.37. The van der Waals surface area contributed by atoms with E-state index in [0.29, 0.717) is 13.1 Å². The Morgan fingerprint density at radius 2 is 1.75 bits per heavy atom. The summed E-state index contributed by atoms with van der Waals surface area (Å²) >= 11 is 0. The average molecular weight is 433 g/mol. The highest BCUT2D eigenvalue weighted by atomic mass is 16.5. The summed E-state index contributed by atoms with van der Waals surface area (Å²) < 4.78 is 5.49. The number of methoxy groups -OCH3 is 1. The Bertz CT molecular complexity index is 1060. The molecule has 2 amide bonds. The molecule has 1 atom stereocenters. The number of ether oxygens (including phenoxy) is 1. The molecule has 2 aromatic carbocycles. The minimum atomic E-state index is -0.197. The zero-order chi connectivity index (χ0) is 22.1. The SMILES string of the molecule is COc1ccccc1N1CCN(C(=O)CN2C(=O)C3CCCC3=Nc3ccccc32)CC1. The Morgan fingerprint density at radius 1 is 1.03 bits per heavy atom. The van der Waals surface area contributed by atoms with Crippen LogP contribution in [0.15, 0.2) is 53.5 Å². The van der Waals surface area contributed by atoms with Crippen LogP contribution < -0.4 is 14.5 Å². The number of aliphatic imine (C=N–C) groups is 1. The van der Waals surface area contributed by atoms with E-state index in [1.807, 2.05) is 53.4 Å². The molecule has 0 spiro atoms. The third-order valence-electron chi connectivity index (χ3n) is 6.68. The first kappa shape index (κ1) is 20.5. The summed E-state index contributed by atoms with van der Waals surface area (Å²) in [6, 6.07) is 15.6. The molecule has 1 unspecified atom stereocenters. The molecule has 7 nitrogen and oxygen atoms in total. The monoisotopic (exact) mass is 432 g/mol. The number of carbonyl (C=O) groups is 2. The molecule has 32 heavy (non-hydrogen) atoms. The molecule has 2 aromatic rings. The van der Waals surface area contributed by atoms with E-state index in [4.69, 9.17) is 9.73 Å². The molecular weight excluding hydrogens is 404 g/mol. The van der Waals surface area contributed by atoms with E-state index in [9.17, 15) is 9.59 Å². The number of amides is 2. The standard InChI is InChI=1S/C25H28N4O3/c1-32-23-12-5-4-11-22(23)27-13-15-28(16-14-27)24(30)17-29-21-10-3-2-8-20(21)26-19-9-6-7-18(19)25(29)31/h2-5,8,10-12,18H,6-7,9,13-17H2,1H3. The fourth-order valence-electron chi connectivity index (χ4n) is 4.96. The summed E-state index contributed by atoms with van der Waals surface area (Å²) in [5.41, 5.74) is 3.53. The van der Waals surface area contributed by atoms with Crippen LogP contribution in [0.4, 0.5) is 17.1 Å². The van der Waals surface area contributed by atoms with Gasteiger partial charge in [-0.05, 0) is 43.5 Å². The van der Waals surface area contributed by atoms with E-state index in [-0.39, 0.29) is 24.3 Å². The first-order chi connectivity index (χ1) is 15.7. The van der Waals surface area contributed by atoms with Crippen LogP contribution in [-0.4, -0.2) is 62.3 Å². The van der Waals surface area contributed by atoms with Crippen LogP contribution in [0.2, 0.25) is 0 Å². The fraction of sp³-hybridized carbons (Fsp3) is 0.400. The van der Waals surface area contributed by atoms with Gasteiger partial charge in [0.05, 0.1) is 30.1 Å². The molecule has 166 valence electrons. The minimum Gasteiger partial charge on any atom is -0.495 e. The second kappa shape index (κ2) is 8.65. The third-order valence-corrected chi connectivity index (χ3v) is 6.68. The molecule has 0 aromatic heterocycles. The van der Waals surface area contributed by atoms with Crippen molar-refractivity contribution in [3.63, 3.8) is 0 Å². The number of rotatable bonds is 4. The molecule has 2 aliphatic heterocycles. The van der Waals surface area contributed by atoms with Gasteiger partial charge in [-0.25, -0.2) is 0 Å². The van der Waals surface area contributed by atoms with E-state index in [1.165, 1.54) is 0 Å². The molecule has 1 saturated heterocycles. The predicted molar refractivity (Wildman–Crippen MR) is 125 cm³/mol. The molecular formula is C25H28N4O3. The predicted octanol–water partition coefficient (Wildman–Crippen LogP) is 3.26. The van der Waals surface area contributed by atoms with Gasteiger partial charge < -0.3 is 19.4 Å². The Labute approximate surface area is 188 Å². The second-order valence-corrected chi connectivity index (χ2v) is 8.50. The molecule has 0 radical (unpaired) electrons. The topological polar surface area (TPSA) is 65.5 Å². The van der Waals surface area contributed by atoms with E-state index in [2.05, 4.69) is 4.90 Å². The number of anilines is 2. The molecule has 7 heteroatoms. The summed E-state index contributed by atoms with van der Waals surface area (Å²) in [6.45, 7) is 2.75. The summed E-state index contributed by atoms with van der Waals surface area (Å²) in [5.74, 6) is 0.630. The molecule has 3 aliphatic rings. The maximum atomic E-state index is 13.4. The first-order valence-corrected chi connectivity index (χ1v) is 11.3. The highest BCUT2D eigenvalue weighted by molar-refractivity contribution is 6.16. The largest absolute Gasteiger partial charge is 0.495 e. The highest BCUT2D eigenvalue weighted by Gasteiger charge is 2.37. The Balaban J connectivity index is 1.30. The summed E-state index contributed by atoms with van der Waals surface area (Å²) in [7, 11) is 1.67. The van der Waals surface area contributed by atoms with Crippen molar-refractivity contribution in [3.05, 3.63) is 48.5 Å². The van der Waals surface area contributed by atoms with Crippen molar-refractivity contribution in [1.82, 2.24) is 4.90 Å². The van der Waals surface area contributed by atoms with E-state index < -0.39 is 0 Å². The van der Waals surface area contributed by atoms with Gasteiger partial charge in [-0.3, -0.25) is 14.6 Å². The molecule has 2 heterocycles. The number of carbonyl (C=O) groups excluding carboxylic acids is 2. The van der Waals surface area contributed by atoms with Gasteiger partial charge >= 0.3 is 0 Å². The smallest absolute Gasteiger partial charge is 0.242 e. The second-order valence-electron chi connectivity index (χ2n) is 8.50. The number of hydrogen-bond acceptors (Lipinski definition) is 5. The van der Waals surface area contributed by atoms with Crippen LogP contribution in [-0.2, 0) is 9.59 Å². The lowest BCUT2D eigenvalue weighted by atomic mass is 10.1. The van der Waals surface area contributed by atoms with Crippen molar-refractivity contribution >= 4 is 34.6 Å². The van der Waals surface area contributed by atoms with Gasteiger partial charge in [-0.15, -0.1) is 0 Å². The summed E-state index contributed by atoms with van der Waals surface area (Å²) in [6.07, 6.45) is 2.65. The third kappa shape index (κ3) is 3.72. The Hall–Kier alpha value is -3.35. The maximum Gasteiger partial charge on any atom is 0.242 e. The van der Waals surface area contributed by atoms with Gasteiger partial charge in [0, 0.05) is 31.9 Å². The number of para-hydroxylation sites is 4. The molecule has 2 fully saturated rings. The van der Waals surface area contributed by atoms with Crippen molar-refractivity contribution in [2.75, 3.05) is 49.6 Å². The summed E-state index contributed by atoms with van der Waals surface area (Å²) in [4.78, 5) is 37.2. The van der Waals surface area contributed by atoms with Crippen LogP contribution in [0.1, 0.15) is 19.3 Å². The van der Waals surface area contributed by atoms with Crippen molar-refractivity contribution in [2.24, 2.45) is 10.9 Å². The lowest BCUT2D eigenvalue weighted by Crippen LogP contribution is -2.52. The fourth-order valence-corrected chi connectivity index (χ4v) is 4.96. The van der Waals surface area contributed by atoms with Crippen molar-refractivity contribution in [3.8, 4) is 5.75 Å². The quantitative estimate of drug-likeness (QED) is 0.744. The van der Waals surface area contributed by atoms with Gasteiger partial charge in [-0.2, -0.15) is 0 Å². The average Bonchev–Trinajstić information content (AvgIpc) is 3.27. The van der Waals surface area contributed by atoms with Crippen LogP contribution in [0, 0.1) is 5.92 Å². The Morgan fingerprint density at radius 3 is 2.53 bits per heavy atom. The number of fused-ring (bicyclic) bond motifs is 2. The van der Waals surface area contributed by atoms with Crippen molar-refractivity contribution in [1.29, 1.82) is 0 Å². The summed E-state index contributed by atoms with van der Waals surface area (Å²) in [5, 5.41) is 0.